The number of carbonyl (C=O) groups is 1. The second-order valence-corrected chi connectivity index (χ2v) is 5.04. The van der Waals surface area contributed by atoms with E-state index in [1.165, 1.54) is 0 Å². The van der Waals surface area contributed by atoms with Crippen LogP contribution in [0.25, 0.3) is 5.57 Å². The Morgan fingerprint density at radius 2 is 1.89 bits per heavy atom. The van der Waals surface area contributed by atoms with Gasteiger partial charge < -0.3 is 14.9 Å². The molecule has 4 heteroatoms. The summed E-state index contributed by atoms with van der Waals surface area (Å²) in [6.07, 6.45) is -0.368. The van der Waals surface area contributed by atoms with Crippen LogP contribution in [0.5, 0.6) is 0 Å². The van der Waals surface area contributed by atoms with E-state index >= 15 is 0 Å². The molecule has 0 saturated carbocycles. The summed E-state index contributed by atoms with van der Waals surface area (Å²) in [7, 11) is 0. The molecule has 0 fully saturated rings. The average Bonchev–Trinajstić information content (AvgIpc) is 2.53. The smallest absolute Gasteiger partial charge is 0.374 e. The quantitative estimate of drug-likeness (QED) is 0.803. The number of hydrogen-bond acceptors (Lipinski definition) is 4. The van der Waals surface area contributed by atoms with Crippen LogP contribution in [0.1, 0.15) is 25.8 Å². The van der Waals surface area contributed by atoms with Gasteiger partial charge in [-0.3, -0.25) is 0 Å². The predicted molar refractivity (Wildman–Crippen MR) is 66.8 cm³/mol. The molecule has 2 N–H and O–H groups in total. The highest BCUT2D eigenvalue weighted by molar-refractivity contribution is 6.00. The lowest BCUT2D eigenvalue weighted by Gasteiger charge is -2.22. The van der Waals surface area contributed by atoms with E-state index < -0.39 is 17.7 Å². The normalized spacial score (nSPS) is 20.2. The van der Waals surface area contributed by atoms with Gasteiger partial charge in [-0.2, -0.15) is 0 Å². The second-order valence-electron chi connectivity index (χ2n) is 5.04. The van der Waals surface area contributed by atoms with Gasteiger partial charge in [0, 0.05) is 12.0 Å². The average molecular weight is 248 g/mol. The molecule has 0 saturated heterocycles. The standard InChI is InChI=1S/C14H16O4/c1-14(2,17)8-10-11(12(15)13(16)18-10)9-6-4-3-5-7-9/h3-7,10,15,17H,8H2,1-2H3. The Hall–Kier alpha value is -1.81. The minimum atomic E-state index is -0.977. The molecule has 1 aliphatic heterocycles. The van der Waals surface area contributed by atoms with Gasteiger partial charge in [0.05, 0.1) is 5.60 Å². The van der Waals surface area contributed by atoms with Crippen LogP contribution in [0.2, 0.25) is 0 Å². The lowest BCUT2D eigenvalue weighted by atomic mass is 9.92. The van der Waals surface area contributed by atoms with Crippen molar-refractivity contribution in [3.8, 4) is 0 Å². The molecule has 0 bridgehead atoms. The fourth-order valence-corrected chi connectivity index (χ4v) is 2.04. The van der Waals surface area contributed by atoms with Crippen molar-refractivity contribution in [1.29, 1.82) is 0 Å². The second kappa shape index (κ2) is 4.46. The van der Waals surface area contributed by atoms with Crippen molar-refractivity contribution >= 4 is 11.5 Å². The number of hydrogen-bond donors (Lipinski definition) is 2. The fourth-order valence-electron chi connectivity index (χ4n) is 2.04. The van der Waals surface area contributed by atoms with Crippen molar-refractivity contribution in [2.75, 3.05) is 0 Å². The number of ether oxygens (including phenoxy) is 1. The minimum absolute atomic E-state index is 0.243. The number of benzene rings is 1. The summed E-state index contributed by atoms with van der Waals surface area (Å²) in [4.78, 5) is 11.4. The van der Waals surface area contributed by atoms with Crippen LogP contribution in [-0.4, -0.2) is 27.9 Å². The molecule has 0 aromatic heterocycles. The van der Waals surface area contributed by atoms with Crippen LogP contribution in [0, 0.1) is 0 Å². The summed E-state index contributed by atoms with van der Waals surface area (Å²) < 4.78 is 5.09. The third kappa shape index (κ3) is 2.54. The van der Waals surface area contributed by atoms with Crippen molar-refractivity contribution in [3.63, 3.8) is 0 Å². The van der Waals surface area contributed by atoms with Gasteiger partial charge in [-0.1, -0.05) is 30.3 Å². The van der Waals surface area contributed by atoms with Gasteiger partial charge in [0.25, 0.3) is 0 Å². The maximum Gasteiger partial charge on any atom is 0.374 e. The first-order chi connectivity index (χ1) is 8.38. The van der Waals surface area contributed by atoms with Crippen LogP contribution in [-0.2, 0) is 9.53 Å². The monoisotopic (exact) mass is 248 g/mol. The van der Waals surface area contributed by atoms with Gasteiger partial charge in [0.1, 0.15) is 6.10 Å². The summed E-state index contributed by atoms with van der Waals surface area (Å²) in [5.74, 6) is -1.10. The van der Waals surface area contributed by atoms with E-state index in [0.29, 0.717) is 5.57 Å². The zero-order valence-corrected chi connectivity index (χ0v) is 10.4. The number of aliphatic hydroxyl groups excluding tert-OH is 1. The third-order valence-electron chi connectivity index (χ3n) is 2.79. The SMILES string of the molecule is CC(C)(O)CC1OC(=O)C(O)=C1c1ccccc1. The van der Waals surface area contributed by atoms with Crippen molar-refractivity contribution in [2.24, 2.45) is 0 Å². The van der Waals surface area contributed by atoms with E-state index in [9.17, 15) is 15.0 Å². The molecular formula is C14H16O4. The number of carbonyl (C=O) groups excluding carboxylic acids is 1. The van der Waals surface area contributed by atoms with Gasteiger partial charge in [-0.05, 0) is 19.4 Å². The van der Waals surface area contributed by atoms with E-state index in [-0.39, 0.29) is 12.2 Å². The largest absolute Gasteiger partial charge is 0.502 e. The summed E-state index contributed by atoms with van der Waals surface area (Å²) >= 11 is 0. The summed E-state index contributed by atoms with van der Waals surface area (Å²) in [5, 5.41) is 19.6. The molecule has 1 atom stereocenters. The van der Waals surface area contributed by atoms with Gasteiger partial charge in [-0.15, -0.1) is 0 Å². The molecule has 0 aliphatic carbocycles. The van der Waals surface area contributed by atoms with Crippen LogP contribution in [0.3, 0.4) is 0 Å². The minimum Gasteiger partial charge on any atom is -0.502 e. The Morgan fingerprint density at radius 3 is 2.44 bits per heavy atom. The fraction of sp³-hybridized carbons (Fsp3) is 0.357. The molecule has 4 nitrogen and oxygen atoms in total. The lowest BCUT2D eigenvalue weighted by molar-refractivity contribution is -0.143. The maximum absolute atomic E-state index is 11.4. The number of rotatable bonds is 3. The molecule has 0 amide bonds. The molecule has 2 rings (SSSR count). The van der Waals surface area contributed by atoms with Crippen molar-refractivity contribution < 1.29 is 19.7 Å². The van der Waals surface area contributed by atoms with Crippen LogP contribution < -0.4 is 0 Å². The Balaban J connectivity index is 2.37. The first-order valence-corrected chi connectivity index (χ1v) is 5.80. The highest BCUT2D eigenvalue weighted by atomic mass is 16.6. The first kappa shape index (κ1) is 12.6. The van der Waals surface area contributed by atoms with E-state index in [2.05, 4.69) is 0 Å². The summed E-state index contributed by atoms with van der Waals surface area (Å²) in [6.45, 7) is 3.28. The topological polar surface area (TPSA) is 66.8 Å². The van der Waals surface area contributed by atoms with E-state index in [0.717, 1.165) is 5.56 Å². The first-order valence-electron chi connectivity index (χ1n) is 5.80. The van der Waals surface area contributed by atoms with Crippen LogP contribution in [0.4, 0.5) is 0 Å². The Kier molecular flexibility index (Phi) is 3.13. The Morgan fingerprint density at radius 1 is 1.28 bits per heavy atom. The number of cyclic esters (lactones) is 1. The van der Waals surface area contributed by atoms with Gasteiger partial charge in [0.2, 0.25) is 5.76 Å². The molecule has 18 heavy (non-hydrogen) atoms. The maximum atomic E-state index is 11.4. The van der Waals surface area contributed by atoms with Gasteiger partial charge in [-0.25, -0.2) is 4.79 Å². The van der Waals surface area contributed by atoms with Crippen LogP contribution >= 0.6 is 0 Å². The molecule has 0 radical (unpaired) electrons. The highest BCUT2D eigenvalue weighted by Crippen LogP contribution is 2.34. The van der Waals surface area contributed by atoms with Crippen molar-refractivity contribution in [2.45, 2.75) is 32.0 Å². The highest BCUT2D eigenvalue weighted by Gasteiger charge is 2.37. The molecule has 1 heterocycles. The van der Waals surface area contributed by atoms with Crippen molar-refractivity contribution in [3.05, 3.63) is 41.7 Å². The number of aliphatic hydroxyl groups is 2. The summed E-state index contributed by atoms with van der Waals surface area (Å²) in [6, 6.07) is 9.08. The van der Waals surface area contributed by atoms with E-state index in [4.69, 9.17) is 4.74 Å². The van der Waals surface area contributed by atoms with Crippen LogP contribution in [0.15, 0.2) is 36.1 Å². The molecular weight excluding hydrogens is 232 g/mol. The zero-order chi connectivity index (χ0) is 13.3. The molecule has 0 spiro atoms. The number of esters is 1. The third-order valence-corrected chi connectivity index (χ3v) is 2.79. The van der Waals surface area contributed by atoms with E-state index in [1.807, 2.05) is 18.2 Å². The molecule has 1 unspecified atom stereocenters. The zero-order valence-electron chi connectivity index (χ0n) is 10.4. The Labute approximate surface area is 106 Å². The Bertz CT molecular complexity index is 482. The molecule has 1 aromatic rings. The van der Waals surface area contributed by atoms with Crippen molar-refractivity contribution in [1.82, 2.24) is 0 Å². The van der Waals surface area contributed by atoms with E-state index in [1.54, 1.807) is 26.0 Å². The molecule has 1 aromatic carbocycles. The molecule has 96 valence electrons. The van der Waals surface area contributed by atoms with Gasteiger partial charge >= 0.3 is 5.97 Å². The summed E-state index contributed by atoms with van der Waals surface area (Å²) in [5.41, 5.74) is 0.202. The van der Waals surface area contributed by atoms with Gasteiger partial charge in [0.15, 0.2) is 0 Å². The lowest BCUT2D eigenvalue weighted by Crippen LogP contribution is -2.27. The molecule has 1 aliphatic rings. The predicted octanol–water partition coefficient (Wildman–Crippen LogP) is 2.04.